The number of rotatable bonds is 4. The quantitative estimate of drug-likeness (QED) is 0.918. The third-order valence-corrected chi connectivity index (χ3v) is 2.84. The van der Waals surface area contributed by atoms with E-state index in [1.54, 1.807) is 18.2 Å². The summed E-state index contributed by atoms with van der Waals surface area (Å²) in [6.45, 7) is 2.77. The number of anilines is 1. The van der Waals surface area contributed by atoms with E-state index in [0.29, 0.717) is 16.1 Å². The molecule has 0 atom stereocenters. The first-order chi connectivity index (χ1) is 8.69. The third kappa shape index (κ3) is 3.20. The number of aromatic nitrogens is 1. The molecule has 1 aromatic heterocycles. The van der Waals surface area contributed by atoms with E-state index in [0.717, 1.165) is 12.4 Å². The Kier molecular flexibility index (Phi) is 4.15. The number of halogens is 2. The minimum absolute atomic E-state index is 0.365. The van der Waals surface area contributed by atoms with Gasteiger partial charge in [-0.1, -0.05) is 6.07 Å². The van der Waals surface area contributed by atoms with E-state index in [1.165, 1.54) is 6.07 Å². The first-order valence-corrected chi connectivity index (χ1v) is 6.32. The molecule has 0 aliphatic carbocycles. The van der Waals surface area contributed by atoms with Crippen molar-refractivity contribution in [2.24, 2.45) is 0 Å². The standard InChI is InChI=1S/C13H12BrFN2O/c1-2-16-12-4-3-5-13(17-12)18-9-6-7-10(14)11(15)8-9/h3-8H,2H2,1H3,(H,16,17). The van der Waals surface area contributed by atoms with Crippen LogP contribution in [0.25, 0.3) is 0 Å². The molecule has 94 valence electrons. The number of nitrogens with one attached hydrogen (secondary N) is 1. The number of hydrogen-bond acceptors (Lipinski definition) is 3. The molecule has 0 unspecified atom stereocenters. The van der Waals surface area contributed by atoms with Gasteiger partial charge in [0.15, 0.2) is 0 Å². The van der Waals surface area contributed by atoms with Crippen molar-refractivity contribution in [3.8, 4) is 11.6 Å². The predicted octanol–water partition coefficient (Wildman–Crippen LogP) is 4.21. The van der Waals surface area contributed by atoms with Crippen molar-refractivity contribution in [3.05, 3.63) is 46.7 Å². The van der Waals surface area contributed by atoms with Crippen LogP contribution in [-0.4, -0.2) is 11.5 Å². The maximum absolute atomic E-state index is 13.3. The highest BCUT2D eigenvalue weighted by Gasteiger charge is 2.04. The molecule has 0 saturated carbocycles. The number of benzene rings is 1. The molecule has 1 aromatic carbocycles. The molecule has 3 nitrogen and oxygen atoms in total. The summed E-state index contributed by atoms with van der Waals surface area (Å²) in [5.41, 5.74) is 0. The van der Waals surface area contributed by atoms with Gasteiger partial charge in [-0.25, -0.2) is 4.39 Å². The molecular weight excluding hydrogens is 299 g/mol. The van der Waals surface area contributed by atoms with Gasteiger partial charge in [0.25, 0.3) is 0 Å². The van der Waals surface area contributed by atoms with Crippen LogP contribution < -0.4 is 10.1 Å². The molecule has 5 heteroatoms. The van der Waals surface area contributed by atoms with Crippen LogP contribution in [0, 0.1) is 5.82 Å². The third-order valence-electron chi connectivity index (χ3n) is 2.19. The highest BCUT2D eigenvalue weighted by Crippen LogP contribution is 2.25. The fourth-order valence-electron chi connectivity index (χ4n) is 1.41. The summed E-state index contributed by atoms with van der Waals surface area (Å²) < 4.78 is 19.2. The van der Waals surface area contributed by atoms with E-state index in [1.807, 2.05) is 19.1 Å². The monoisotopic (exact) mass is 310 g/mol. The number of nitrogens with zero attached hydrogens (tertiary/aromatic N) is 1. The molecular formula is C13H12BrFN2O. The lowest BCUT2D eigenvalue weighted by atomic mass is 10.3. The summed E-state index contributed by atoms with van der Waals surface area (Å²) in [7, 11) is 0. The fraction of sp³-hybridized carbons (Fsp3) is 0.154. The summed E-state index contributed by atoms with van der Waals surface area (Å²) in [4.78, 5) is 4.24. The van der Waals surface area contributed by atoms with Crippen LogP contribution in [0.1, 0.15) is 6.92 Å². The number of pyridine rings is 1. The molecule has 0 radical (unpaired) electrons. The van der Waals surface area contributed by atoms with Gasteiger partial charge in [0.2, 0.25) is 5.88 Å². The van der Waals surface area contributed by atoms with Gasteiger partial charge < -0.3 is 10.1 Å². The Bertz CT molecular complexity index is 548. The van der Waals surface area contributed by atoms with E-state index in [2.05, 4.69) is 26.2 Å². The molecule has 2 aromatic rings. The molecule has 18 heavy (non-hydrogen) atoms. The first kappa shape index (κ1) is 12.8. The Labute approximate surface area is 113 Å². The van der Waals surface area contributed by atoms with E-state index >= 15 is 0 Å². The Hall–Kier alpha value is -1.62. The highest BCUT2D eigenvalue weighted by atomic mass is 79.9. The average Bonchev–Trinajstić information content (AvgIpc) is 2.35. The van der Waals surface area contributed by atoms with Crippen molar-refractivity contribution in [1.29, 1.82) is 0 Å². The molecule has 0 fully saturated rings. The Morgan fingerprint density at radius 3 is 2.89 bits per heavy atom. The molecule has 0 amide bonds. The topological polar surface area (TPSA) is 34.1 Å². The molecule has 0 spiro atoms. The van der Waals surface area contributed by atoms with Crippen LogP contribution in [-0.2, 0) is 0 Å². The smallest absolute Gasteiger partial charge is 0.221 e. The van der Waals surface area contributed by atoms with Crippen molar-refractivity contribution in [2.45, 2.75) is 6.92 Å². The summed E-state index contributed by atoms with van der Waals surface area (Å²) in [6.07, 6.45) is 0. The van der Waals surface area contributed by atoms with Gasteiger partial charge in [0, 0.05) is 18.7 Å². The first-order valence-electron chi connectivity index (χ1n) is 5.53. The lowest BCUT2D eigenvalue weighted by Gasteiger charge is -2.07. The van der Waals surface area contributed by atoms with Crippen LogP contribution >= 0.6 is 15.9 Å². The van der Waals surface area contributed by atoms with Gasteiger partial charge in [-0.15, -0.1) is 0 Å². The summed E-state index contributed by atoms with van der Waals surface area (Å²) >= 11 is 3.09. The lowest BCUT2D eigenvalue weighted by molar-refractivity contribution is 0.458. The van der Waals surface area contributed by atoms with Gasteiger partial charge in [0.05, 0.1) is 4.47 Å². The average molecular weight is 311 g/mol. The van der Waals surface area contributed by atoms with Crippen LogP contribution in [0.3, 0.4) is 0 Å². The minimum atomic E-state index is -0.365. The van der Waals surface area contributed by atoms with Crippen molar-refractivity contribution >= 4 is 21.7 Å². The Balaban J connectivity index is 2.17. The zero-order chi connectivity index (χ0) is 13.0. The molecule has 0 aliphatic rings. The maximum Gasteiger partial charge on any atom is 0.221 e. The van der Waals surface area contributed by atoms with Crippen LogP contribution in [0.15, 0.2) is 40.9 Å². The number of ether oxygens (including phenoxy) is 1. The largest absolute Gasteiger partial charge is 0.439 e. The Morgan fingerprint density at radius 1 is 1.33 bits per heavy atom. The van der Waals surface area contributed by atoms with Crippen molar-refractivity contribution in [1.82, 2.24) is 4.98 Å². The minimum Gasteiger partial charge on any atom is -0.439 e. The van der Waals surface area contributed by atoms with Gasteiger partial charge >= 0.3 is 0 Å². The second-order valence-electron chi connectivity index (χ2n) is 3.57. The predicted molar refractivity (Wildman–Crippen MR) is 72.6 cm³/mol. The molecule has 1 N–H and O–H groups in total. The van der Waals surface area contributed by atoms with Crippen LogP contribution in [0.2, 0.25) is 0 Å². The van der Waals surface area contributed by atoms with Gasteiger partial charge in [0.1, 0.15) is 17.4 Å². The van der Waals surface area contributed by atoms with Crippen molar-refractivity contribution in [2.75, 3.05) is 11.9 Å². The van der Waals surface area contributed by atoms with Crippen LogP contribution in [0.5, 0.6) is 11.6 Å². The SMILES string of the molecule is CCNc1cccc(Oc2ccc(Br)c(F)c2)n1. The van der Waals surface area contributed by atoms with Gasteiger partial charge in [-0.3, -0.25) is 0 Å². The van der Waals surface area contributed by atoms with E-state index in [9.17, 15) is 4.39 Å². The summed E-state index contributed by atoms with van der Waals surface area (Å²) in [5, 5.41) is 3.08. The molecule has 0 saturated heterocycles. The lowest BCUT2D eigenvalue weighted by Crippen LogP contribution is -1.99. The number of hydrogen-bond donors (Lipinski definition) is 1. The second-order valence-corrected chi connectivity index (χ2v) is 4.42. The zero-order valence-electron chi connectivity index (χ0n) is 9.78. The van der Waals surface area contributed by atoms with Crippen LogP contribution in [0.4, 0.5) is 10.2 Å². The summed E-state index contributed by atoms with van der Waals surface area (Å²) in [6, 6.07) is 9.98. The Morgan fingerprint density at radius 2 is 2.17 bits per heavy atom. The van der Waals surface area contributed by atoms with Crippen molar-refractivity contribution in [3.63, 3.8) is 0 Å². The summed E-state index contributed by atoms with van der Waals surface area (Å²) in [5.74, 6) is 1.20. The van der Waals surface area contributed by atoms with Gasteiger partial charge in [-0.2, -0.15) is 4.98 Å². The fourth-order valence-corrected chi connectivity index (χ4v) is 1.66. The van der Waals surface area contributed by atoms with E-state index < -0.39 is 0 Å². The zero-order valence-corrected chi connectivity index (χ0v) is 11.4. The van der Waals surface area contributed by atoms with E-state index in [4.69, 9.17) is 4.74 Å². The molecule has 0 aliphatic heterocycles. The van der Waals surface area contributed by atoms with E-state index in [-0.39, 0.29) is 5.82 Å². The second kappa shape index (κ2) is 5.82. The maximum atomic E-state index is 13.3. The van der Waals surface area contributed by atoms with Crippen molar-refractivity contribution < 1.29 is 9.13 Å². The highest BCUT2D eigenvalue weighted by molar-refractivity contribution is 9.10. The molecule has 2 rings (SSSR count). The molecule has 1 heterocycles. The van der Waals surface area contributed by atoms with Gasteiger partial charge in [-0.05, 0) is 41.1 Å². The molecule has 0 bridgehead atoms. The normalized spacial score (nSPS) is 10.2.